The Bertz CT molecular complexity index is 794. The summed E-state index contributed by atoms with van der Waals surface area (Å²) in [5, 5.41) is 6.43. The molecule has 7 heteroatoms. The maximum Gasteiger partial charge on any atom is 0.252 e. The van der Waals surface area contributed by atoms with Crippen LogP contribution in [-0.4, -0.2) is 55.2 Å². The molecule has 3 rings (SSSR count). The van der Waals surface area contributed by atoms with E-state index in [1.165, 1.54) is 11.3 Å². The zero-order chi connectivity index (χ0) is 19.2. The molecular formula is C20H23N3O3S. The van der Waals surface area contributed by atoms with Crippen molar-refractivity contribution in [2.24, 2.45) is 0 Å². The molecule has 142 valence electrons. The summed E-state index contributed by atoms with van der Waals surface area (Å²) < 4.78 is 0. The van der Waals surface area contributed by atoms with Crippen molar-refractivity contribution in [3.8, 4) is 0 Å². The Balaban J connectivity index is 1.42. The lowest BCUT2D eigenvalue weighted by molar-refractivity contribution is -0.131. The molecule has 1 aromatic carbocycles. The Morgan fingerprint density at radius 1 is 1.00 bits per heavy atom. The van der Waals surface area contributed by atoms with Crippen molar-refractivity contribution in [3.05, 3.63) is 52.2 Å². The highest BCUT2D eigenvalue weighted by Crippen LogP contribution is 2.18. The molecule has 1 fully saturated rings. The molecule has 0 bridgehead atoms. The summed E-state index contributed by atoms with van der Waals surface area (Å²) in [7, 11) is 0. The molecule has 1 aromatic heterocycles. The Hall–Kier alpha value is -2.67. The van der Waals surface area contributed by atoms with Crippen molar-refractivity contribution in [1.82, 2.24) is 10.2 Å². The molecular weight excluding hydrogens is 362 g/mol. The van der Waals surface area contributed by atoms with Crippen LogP contribution in [0.5, 0.6) is 0 Å². The minimum absolute atomic E-state index is 0.0584. The first-order valence-electron chi connectivity index (χ1n) is 8.99. The number of benzene rings is 1. The van der Waals surface area contributed by atoms with E-state index in [2.05, 4.69) is 10.2 Å². The van der Waals surface area contributed by atoms with Crippen LogP contribution >= 0.6 is 11.3 Å². The number of rotatable bonds is 6. The van der Waals surface area contributed by atoms with Crippen LogP contribution in [-0.2, 0) is 4.79 Å². The normalized spacial score (nSPS) is 14.1. The van der Waals surface area contributed by atoms with Gasteiger partial charge in [-0.15, -0.1) is 0 Å². The van der Waals surface area contributed by atoms with Crippen LogP contribution in [0.25, 0.3) is 0 Å². The summed E-state index contributed by atoms with van der Waals surface area (Å²) in [4.78, 5) is 39.6. The number of amides is 2. The molecule has 1 aliphatic rings. The van der Waals surface area contributed by atoms with Crippen molar-refractivity contribution < 1.29 is 14.4 Å². The van der Waals surface area contributed by atoms with Crippen molar-refractivity contribution >= 4 is 34.6 Å². The average molecular weight is 385 g/mol. The summed E-state index contributed by atoms with van der Waals surface area (Å²) in [6.45, 7) is 4.73. The van der Waals surface area contributed by atoms with Crippen LogP contribution in [0.1, 0.15) is 34.1 Å². The lowest BCUT2D eigenvalue weighted by atomic mass is 10.1. The number of anilines is 1. The number of hydrogen-bond acceptors (Lipinski definition) is 5. The SMILES string of the molecule is CC(=O)c1ccc(N2CCN(C(=O)CCNC(=O)c3ccsc3)CC2)cc1. The number of piperazine rings is 1. The van der Waals surface area contributed by atoms with E-state index < -0.39 is 0 Å². The number of nitrogens with zero attached hydrogens (tertiary/aromatic N) is 2. The quantitative estimate of drug-likeness (QED) is 0.776. The zero-order valence-corrected chi connectivity index (χ0v) is 16.1. The van der Waals surface area contributed by atoms with E-state index in [0.717, 1.165) is 18.8 Å². The second-order valence-electron chi connectivity index (χ2n) is 6.49. The first-order chi connectivity index (χ1) is 13.0. The summed E-state index contributed by atoms with van der Waals surface area (Å²) in [5.74, 6) is -0.0156. The second kappa shape index (κ2) is 8.81. The Kier molecular flexibility index (Phi) is 6.24. The predicted octanol–water partition coefficient (Wildman–Crippen LogP) is 2.42. The molecule has 2 heterocycles. The average Bonchev–Trinajstić information content (AvgIpc) is 3.23. The summed E-state index contributed by atoms with van der Waals surface area (Å²) in [6.07, 6.45) is 0.309. The molecule has 0 spiro atoms. The van der Waals surface area contributed by atoms with Gasteiger partial charge in [0.1, 0.15) is 0 Å². The topological polar surface area (TPSA) is 69.7 Å². The zero-order valence-electron chi connectivity index (χ0n) is 15.3. The number of ketones is 1. The highest BCUT2D eigenvalue weighted by Gasteiger charge is 2.21. The molecule has 1 saturated heterocycles. The van der Waals surface area contributed by atoms with E-state index >= 15 is 0 Å². The summed E-state index contributed by atoms with van der Waals surface area (Å²) in [5.41, 5.74) is 2.41. The maximum atomic E-state index is 12.3. The van der Waals surface area contributed by atoms with Gasteiger partial charge in [-0.05, 0) is 42.6 Å². The van der Waals surface area contributed by atoms with Gasteiger partial charge in [0.25, 0.3) is 5.91 Å². The first kappa shape index (κ1) is 19.1. The Morgan fingerprint density at radius 3 is 2.30 bits per heavy atom. The smallest absolute Gasteiger partial charge is 0.252 e. The van der Waals surface area contributed by atoms with E-state index in [4.69, 9.17) is 0 Å². The van der Waals surface area contributed by atoms with Gasteiger partial charge in [0.2, 0.25) is 5.91 Å². The Labute approximate surface area is 162 Å². The molecule has 0 radical (unpaired) electrons. The fourth-order valence-corrected chi connectivity index (χ4v) is 3.69. The number of Topliss-reactive ketones (excluding diaryl/α,β-unsaturated/α-hetero) is 1. The fraction of sp³-hybridized carbons (Fsp3) is 0.350. The second-order valence-corrected chi connectivity index (χ2v) is 7.27. The highest BCUT2D eigenvalue weighted by atomic mass is 32.1. The van der Waals surface area contributed by atoms with Crippen LogP contribution in [0.2, 0.25) is 0 Å². The van der Waals surface area contributed by atoms with Crippen molar-refractivity contribution in [2.45, 2.75) is 13.3 Å². The van der Waals surface area contributed by atoms with Crippen LogP contribution in [0, 0.1) is 0 Å². The van der Waals surface area contributed by atoms with Crippen LogP contribution in [0.3, 0.4) is 0 Å². The summed E-state index contributed by atoms with van der Waals surface area (Å²) in [6, 6.07) is 9.35. The largest absolute Gasteiger partial charge is 0.368 e. The van der Waals surface area contributed by atoms with E-state index in [-0.39, 0.29) is 17.6 Å². The van der Waals surface area contributed by atoms with Gasteiger partial charge >= 0.3 is 0 Å². The van der Waals surface area contributed by atoms with E-state index in [9.17, 15) is 14.4 Å². The van der Waals surface area contributed by atoms with Crippen molar-refractivity contribution in [1.29, 1.82) is 0 Å². The predicted molar refractivity (Wildman–Crippen MR) is 107 cm³/mol. The number of carbonyl (C=O) groups excluding carboxylic acids is 3. The van der Waals surface area contributed by atoms with E-state index in [0.29, 0.717) is 37.2 Å². The van der Waals surface area contributed by atoms with Crippen LogP contribution in [0.15, 0.2) is 41.1 Å². The number of nitrogens with one attached hydrogen (secondary N) is 1. The van der Waals surface area contributed by atoms with Gasteiger partial charge in [0, 0.05) is 61.3 Å². The third kappa shape index (κ3) is 4.95. The lowest BCUT2D eigenvalue weighted by Crippen LogP contribution is -2.49. The van der Waals surface area contributed by atoms with E-state index in [1.54, 1.807) is 18.4 Å². The maximum absolute atomic E-state index is 12.3. The number of hydrogen-bond donors (Lipinski definition) is 1. The molecule has 0 unspecified atom stereocenters. The minimum Gasteiger partial charge on any atom is -0.368 e. The first-order valence-corrected chi connectivity index (χ1v) is 9.93. The Morgan fingerprint density at radius 2 is 1.70 bits per heavy atom. The molecule has 0 saturated carbocycles. The fourth-order valence-electron chi connectivity index (χ4n) is 3.06. The highest BCUT2D eigenvalue weighted by molar-refractivity contribution is 7.08. The molecule has 0 aliphatic carbocycles. The van der Waals surface area contributed by atoms with Gasteiger partial charge in [0.05, 0.1) is 0 Å². The molecule has 2 aromatic rings. The number of carbonyl (C=O) groups is 3. The van der Waals surface area contributed by atoms with Gasteiger partial charge in [-0.1, -0.05) is 0 Å². The van der Waals surface area contributed by atoms with Gasteiger partial charge in [-0.2, -0.15) is 11.3 Å². The molecule has 2 amide bonds. The van der Waals surface area contributed by atoms with Gasteiger partial charge in [-0.25, -0.2) is 0 Å². The minimum atomic E-state index is -0.136. The third-order valence-electron chi connectivity index (χ3n) is 4.68. The lowest BCUT2D eigenvalue weighted by Gasteiger charge is -2.36. The molecule has 1 N–H and O–H groups in total. The van der Waals surface area contributed by atoms with Gasteiger partial charge in [-0.3, -0.25) is 14.4 Å². The molecule has 6 nitrogen and oxygen atoms in total. The molecule has 1 aliphatic heterocycles. The molecule has 0 atom stereocenters. The van der Waals surface area contributed by atoms with Crippen molar-refractivity contribution in [2.75, 3.05) is 37.6 Å². The standard InChI is InChI=1S/C20H23N3O3S/c1-15(24)16-2-4-18(5-3-16)22-9-11-23(12-10-22)19(25)6-8-21-20(26)17-7-13-27-14-17/h2-5,7,13-14H,6,8-12H2,1H3,(H,21,26). The molecule has 27 heavy (non-hydrogen) atoms. The van der Waals surface area contributed by atoms with Crippen LogP contribution in [0.4, 0.5) is 5.69 Å². The van der Waals surface area contributed by atoms with Crippen molar-refractivity contribution in [3.63, 3.8) is 0 Å². The van der Waals surface area contributed by atoms with Gasteiger partial charge in [0.15, 0.2) is 5.78 Å². The monoisotopic (exact) mass is 385 g/mol. The third-order valence-corrected chi connectivity index (χ3v) is 5.36. The van der Waals surface area contributed by atoms with Gasteiger partial charge < -0.3 is 15.1 Å². The number of thiophene rings is 1. The van der Waals surface area contributed by atoms with E-state index in [1.807, 2.05) is 34.5 Å². The summed E-state index contributed by atoms with van der Waals surface area (Å²) >= 11 is 1.47. The van der Waals surface area contributed by atoms with Crippen LogP contribution < -0.4 is 10.2 Å².